The summed E-state index contributed by atoms with van der Waals surface area (Å²) < 4.78 is 5.90. The molecule has 3 nitrogen and oxygen atoms in total. The van der Waals surface area contributed by atoms with E-state index in [2.05, 4.69) is 30.7 Å². The molecular formula is C27H41ClN2O. The van der Waals surface area contributed by atoms with Gasteiger partial charge >= 0.3 is 0 Å². The Kier molecular flexibility index (Phi) is 12.6. The number of hydrogen-bond donors (Lipinski definition) is 0. The lowest BCUT2D eigenvalue weighted by Gasteiger charge is -2.14. The third kappa shape index (κ3) is 10.5. The Morgan fingerprint density at radius 2 is 1.58 bits per heavy atom. The first kappa shape index (κ1) is 25.6. The first-order valence-electron chi connectivity index (χ1n) is 12.3. The molecular weight excluding hydrogens is 404 g/mol. The average molecular weight is 445 g/mol. The molecule has 0 spiro atoms. The van der Waals surface area contributed by atoms with E-state index in [0.717, 1.165) is 55.8 Å². The summed E-state index contributed by atoms with van der Waals surface area (Å²) in [6.07, 6.45) is 17.2. The summed E-state index contributed by atoms with van der Waals surface area (Å²) in [5.74, 6) is 2.33. The molecule has 0 aliphatic heterocycles. The second-order valence-corrected chi connectivity index (χ2v) is 9.41. The van der Waals surface area contributed by atoms with E-state index >= 15 is 0 Å². The van der Waals surface area contributed by atoms with Crippen LogP contribution >= 0.6 is 11.6 Å². The zero-order chi connectivity index (χ0) is 22.3. The van der Waals surface area contributed by atoms with Gasteiger partial charge in [0.15, 0.2) is 5.82 Å². The molecule has 1 aromatic heterocycles. The quantitative estimate of drug-likeness (QED) is 0.193. The maximum Gasteiger partial charge on any atom is 0.159 e. The summed E-state index contributed by atoms with van der Waals surface area (Å²) in [5, 5.41) is 0.301. The zero-order valence-corrected chi connectivity index (χ0v) is 20.5. The van der Waals surface area contributed by atoms with E-state index < -0.39 is 0 Å². The van der Waals surface area contributed by atoms with Crippen LogP contribution in [0.25, 0.3) is 11.4 Å². The Bertz CT molecular complexity index is 702. The third-order valence-corrected chi connectivity index (χ3v) is 6.33. The first-order valence-corrected chi connectivity index (χ1v) is 12.7. The number of aromatic nitrogens is 2. The number of unbranched alkanes of at least 4 members (excludes halogenated alkanes) is 5. The zero-order valence-electron chi connectivity index (χ0n) is 19.8. The second-order valence-electron chi connectivity index (χ2n) is 8.79. The predicted molar refractivity (Wildman–Crippen MR) is 133 cm³/mol. The van der Waals surface area contributed by atoms with Crippen LogP contribution in [0.2, 0.25) is 0 Å². The van der Waals surface area contributed by atoms with Crippen LogP contribution in [0.1, 0.15) is 90.5 Å². The molecule has 2 rings (SSSR count). The highest BCUT2D eigenvalue weighted by atomic mass is 35.5. The van der Waals surface area contributed by atoms with Gasteiger partial charge in [-0.25, -0.2) is 9.97 Å². The van der Waals surface area contributed by atoms with Crippen molar-refractivity contribution in [2.24, 2.45) is 5.92 Å². The maximum absolute atomic E-state index is 6.24. The lowest BCUT2D eigenvalue weighted by molar-refractivity contribution is 0.292. The fourth-order valence-electron chi connectivity index (χ4n) is 3.79. The maximum atomic E-state index is 6.24. The van der Waals surface area contributed by atoms with Gasteiger partial charge in [-0.05, 0) is 74.3 Å². The van der Waals surface area contributed by atoms with Crippen molar-refractivity contribution < 1.29 is 4.74 Å². The van der Waals surface area contributed by atoms with E-state index in [9.17, 15) is 0 Å². The molecule has 0 amide bonds. The number of alkyl halides is 1. The number of hydrogen-bond acceptors (Lipinski definition) is 3. The predicted octanol–water partition coefficient (Wildman–Crippen LogP) is 8.25. The number of rotatable bonds is 16. The summed E-state index contributed by atoms with van der Waals surface area (Å²) >= 11 is 6.24. The van der Waals surface area contributed by atoms with Gasteiger partial charge in [0.25, 0.3) is 0 Å². The molecule has 0 radical (unpaired) electrons. The van der Waals surface area contributed by atoms with Crippen molar-refractivity contribution in [3.8, 4) is 17.1 Å². The van der Waals surface area contributed by atoms with Gasteiger partial charge in [0, 0.05) is 23.3 Å². The lowest BCUT2D eigenvalue weighted by Crippen LogP contribution is -2.07. The highest BCUT2D eigenvalue weighted by Gasteiger charge is 2.09. The standard InChI is InChI=1S/C27H41ClN2O/c1-4-6-7-8-9-10-13-23-20-29-27(30-21-23)24-14-16-26(17-15-24)31-18-11-12-22(3)19-25(28)5-2/h14-17,20-22,25H,4-13,18-19H2,1-3H3. The molecule has 0 N–H and O–H groups in total. The van der Waals surface area contributed by atoms with Crippen LogP contribution in [0.4, 0.5) is 0 Å². The average Bonchev–Trinajstić information content (AvgIpc) is 2.80. The molecule has 1 aromatic carbocycles. The van der Waals surface area contributed by atoms with E-state index in [0.29, 0.717) is 11.3 Å². The van der Waals surface area contributed by atoms with Gasteiger partial charge in [0.1, 0.15) is 5.75 Å². The lowest BCUT2D eigenvalue weighted by atomic mass is 9.99. The van der Waals surface area contributed by atoms with Crippen molar-refractivity contribution in [2.75, 3.05) is 6.61 Å². The number of nitrogens with zero attached hydrogens (tertiary/aromatic N) is 2. The smallest absolute Gasteiger partial charge is 0.159 e. The molecule has 0 bridgehead atoms. The minimum atomic E-state index is 0.301. The van der Waals surface area contributed by atoms with Crippen molar-refractivity contribution >= 4 is 11.6 Å². The van der Waals surface area contributed by atoms with Gasteiger partial charge in [-0.2, -0.15) is 0 Å². The highest BCUT2D eigenvalue weighted by molar-refractivity contribution is 6.20. The van der Waals surface area contributed by atoms with Crippen LogP contribution < -0.4 is 4.74 Å². The third-order valence-electron chi connectivity index (χ3n) is 5.85. The summed E-state index contributed by atoms with van der Waals surface area (Å²) in [4.78, 5) is 9.14. The van der Waals surface area contributed by atoms with Crippen LogP contribution in [0, 0.1) is 5.92 Å². The number of halogens is 1. The summed E-state index contributed by atoms with van der Waals surface area (Å²) in [6, 6.07) is 8.11. The summed E-state index contributed by atoms with van der Waals surface area (Å²) in [5.41, 5.74) is 2.26. The fraction of sp³-hybridized carbons (Fsp3) is 0.630. The van der Waals surface area contributed by atoms with Gasteiger partial charge < -0.3 is 4.74 Å². The Morgan fingerprint density at radius 1 is 0.903 bits per heavy atom. The molecule has 2 atom stereocenters. The molecule has 31 heavy (non-hydrogen) atoms. The fourth-order valence-corrected chi connectivity index (χ4v) is 4.09. The van der Waals surface area contributed by atoms with Crippen molar-refractivity contribution in [3.63, 3.8) is 0 Å². The van der Waals surface area contributed by atoms with Gasteiger partial charge in [-0.15, -0.1) is 11.6 Å². The SMILES string of the molecule is CCCCCCCCc1cnc(-c2ccc(OCCCC(C)CC(Cl)CC)cc2)nc1. The summed E-state index contributed by atoms with van der Waals surface area (Å²) in [7, 11) is 0. The van der Waals surface area contributed by atoms with Gasteiger partial charge in [-0.3, -0.25) is 0 Å². The van der Waals surface area contributed by atoms with E-state index in [1.165, 1.54) is 44.1 Å². The minimum absolute atomic E-state index is 0.301. The van der Waals surface area contributed by atoms with E-state index in [1.807, 2.05) is 36.7 Å². The molecule has 0 saturated carbocycles. The largest absolute Gasteiger partial charge is 0.494 e. The molecule has 2 unspecified atom stereocenters. The highest BCUT2D eigenvalue weighted by Crippen LogP contribution is 2.21. The Labute approximate surface area is 195 Å². The molecule has 0 saturated heterocycles. The molecule has 0 aliphatic carbocycles. The van der Waals surface area contributed by atoms with Crippen molar-refractivity contribution in [1.29, 1.82) is 0 Å². The number of benzene rings is 1. The minimum Gasteiger partial charge on any atom is -0.494 e. The molecule has 0 fully saturated rings. The van der Waals surface area contributed by atoms with Crippen LogP contribution in [0.3, 0.4) is 0 Å². The molecule has 172 valence electrons. The molecule has 4 heteroatoms. The second kappa shape index (κ2) is 15.2. The van der Waals surface area contributed by atoms with Gasteiger partial charge in [-0.1, -0.05) is 52.9 Å². The summed E-state index contributed by atoms with van der Waals surface area (Å²) in [6.45, 7) is 7.42. The van der Waals surface area contributed by atoms with E-state index in [-0.39, 0.29) is 0 Å². The number of ether oxygens (including phenoxy) is 1. The van der Waals surface area contributed by atoms with Gasteiger partial charge in [0.2, 0.25) is 0 Å². The van der Waals surface area contributed by atoms with E-state index in [4.69, 9.17) is 16.3 Å². The van der Waals surface area contributed by atoms with Crippen molar-refractivity contribution in [1.82, 2.24) is 9.97 Å². The Hall–Kier alpha value is -1.61. The van der Waals surface area contributed by atoms with Crippen molar-refractivity contribution in [3.05, 3.63) is 42.2 Å². The number of aryl methyl sites for hydroxylation is 1. The Balaban J connectivity index is 1.70. The van der Waals surface area contributed by atoms with Crippen LogP contribution in [0.15, 0.2) is 36.7 Å². The van der Waals surface area contributed by atoms with Crippen molar-refractivity contribution in [2.45, 2.75) is 96.8 Å². The van der Waals surface area contributed by atoms with Crippen LogP contribution in [-0.4, -0.2) is 22.0 Å². The van der Waals surface area contributed by atoms with E-state index in [1.54, 1.807) is 0 Å². The van der Waals surface area contributed by atoms with Crippen LogP contribution in [-0.2, 0) is 6.42 Å². The monoisotopic (exact) mass is 444 g/mol. The normalized spacial score (nSPS) is 13.2. The molecule has 2 aromatic rings. The van der Waals surface area contributed by atoms with Crippen LogP contribution in [0.5, 0.6) is 5.75 Å². The molecule has 0 aliphatic rings. The Morgan fingerprint density at radius 3 is 2.26 bits per heavy atom. The molecule has 1 heterocycles. The topological polar surface area (TPSA) is 35.0 Å². The van der Waals surface area contributed by atoms with Gasteiger partial charge in [0.05, 0.1) is 6.61 Å². The first-order chi connectivity index (χ1) is 15.1.